The van der Waals surface area contributed by atoms with Gasteiger partial charge in [-0.25, -0.2) is 14.6 Å². The number of aromatic nitrogens is 2. The van der Waals surface area contributed by atoms with Crippen molar-refractivity contribution in [2.24, 2.45) is 0 Å². The standard InChI is InChI=1S/C11H12ClNO2.C11H13NO3.Cl3OP/c1-2-15-11(14)9-6-7-4-3-5-8(7)10(12)13-9;1-2-15-11(13)10-6-8-4-3-5-9(8)7-12(10)14;1-5(2,3)4/h6H,2-5H2,1H3;6-7H,2-5H2,1H3;. The highest BCUT2D eigenvalue weighted by Crippen LogP contribution is 2.61. The molecule has 192 valence electrons. The van der Waals surface area contributed by atoms with Crippen molar-refractivity contribution in [3.8, 4) is 0 Å². The zero-order valence-electron chi connectivity index (χ0n) is 19.2. The number of ether oxygens (including phenoxy) is 2. The van der Waals surface area contributed by atoms with Crippen LogP contribution in [0.15, 0.2) is 18.3 Å². The molecular formula is C22H25Cl4N2O6P. The summed E-state index contributed by atoms with van der Waals surface area (Å²) in [7, 11) is 0. The van der Waals surface area contributed by atoms with Gasteiger partial charge in [0, 0.05) is 11.6 Å². The van der Waals surface area contributed by atoms with Gasteiger partial charge in [0.25, 0.3) is 0 Å². The molecule has 2 aliphatic carbocycles. The number of pyridine rings is 2. The van der Waals surface area contributed by atoms with Crippen LogP contribution in [0.4, 0.5) is 0 Å². The largest absolute Gasteiger partial charge is 0.618 e. The van der Waals surface area contributed by atoms with Gasteiger partial charge in [0.15, 0.2) is 6.20 Å². The van der Waals surface area contributed by atoms with E-state index < -0.39 is 17.1 Å². The average Bonchev–Trinajstić information content (AvgIpc) is 3.42. The maximum absolute atomic E-state index is 11.5. The second-order valence-corrected chi connectivity index (χ2v) is 14.5. The Bertz CT molecular complexity index is 1120. The van der Waals surface area contributed by atoms with E-state index in [2.05, 4.69) is 38.7 Å². The SMILES string of the molecule is CCOC(=O)c1cc2c(c(Cl)n1)CCC2.CCOC(=O)c1cc2c(c[n+]1[O-])CCC2.O=P(Cl)(Cl)Cl. The molecule has 0 atom stereocenters. The van der Waals surface area contributed by atoms with E-state index in [1.54, 1.807) is 26.0 Å². The van der Waals surface area contributed by atoms with Crippen LogP contribution in [-0.2, 0) is 39.7 Å². The Morgan fingerprint density at radius 3 is 2.14 bits per heavy atom. The van der Waals surface area contributed by atoms with Gasteiger partial charge in [-0.2, -0.15) is 4.73 Å². The lowest BCUT2D eigenvalue weighted by molar-refractivity contribution is -0.608. The molecule has 8 nitrogen and oxygen atoms in total. The van der Waals surface area contributed by atoms with E-state index in [9.17, 15) is 19.4 Å². The number of esters is 2. The van der Waals surface area contributed by atoms with Crippen LogP contribution in [0, 0.1) is 5.21 Å². The highest BCUT2D eigenvalue weighted by Gasteiger charge is 2.23. The molecule has 0 spiro atoms. The summed E-state index contributed by atoms with van der Waals surface area (Å²) in [4.78, 5) is 26.9. The van der Waals surface area contributed by atoms with Crippen LogP contribution in [0.5, 0.6) is 0 Å². The molecule has 0 aliphatic heterocycles. The van der Waals surface area contributed by atoms with Crippen LogP contribution in [0.25, 0.3) is 0 Å². The molecule has 0 N–H and O–H groups in total. The molecule has 13 heteroatoms. The third-order valence-corrected chi connectivity index (χ3v) is 5.45. The highest BCUT2D eigenvalue weighted by molar-refractivity contribution is 8.24. The van der Waals surface area contributed by atoms with Crippen molar-refractivity contribution in [1.82, 2.24) is 4.98 Å². The predicted molar refractivity (Wildman–Crippen MR) is 136 cm³/mol. The van der Waals surface area contributed by atoms with Crippen LogP contribution in [0.3, 0.4) is 0 Å². The number of rotatable bonds is 4. The number of carbonyl (C=O) groups is 2. The van der Waals surface area contributed by atoms with Crippen molar-refractivity contribution in [3.05, 3.63) is 62.3 Å². The molecule has 0 saturated carbocycles. The Morgan fingerprint density at radius 1 is 0.971 bits per heavy atom. The van der Waals surface area contributed by atoms with Crippen LogP contribution >= 0.6 is 50.5 Å². The average molecular weight is 586 g/mol. The summed E-state index contributed by atoms with van der Waals surface area (Å²) in [6, 6.07) is 3.46. The van der Waals surface area contributed by atoms with Crippen LogP contribution < -0.4 is 4.73 Å². The van der Waals surface area contributed by atoms with Gasteiger partial charge in [-0.05, 0) is 109 Å². The topological polar surface area (TPSA) is 110 Å². The van der Waals surface area contributed by atoms with Crippen molar-refractivity contribution in [2.75, 3.05) is 13.2 Å². The third kappa shape index (κ3) is 9.43. The summed E-state index contributed by atoms with van der Waals surface area (Å²) < 4.78 is 19.8. The van der Waals surface area contributed by atoms with Gasteiger partial charge < -0.3 is 14.7 Å². The van der Waals surface area contributed by atoms with E-state index in [0.717, 1.165) is 60.8 Å². The van der Waals surface area contributed by atoms with Gasteiger partial charge in [-0.3, -0.25) is 4.57 Å². The Kier molecular flexibility index (Phi) is 11.6. The quantitative estimate of drug-likeness (QED) is 0.138. The number of halogens is 4. The Balaban J connectivity index is 0.000000208. The maximum atomic E-state index is 11.5. The molecule has 2 aromatic rings. The number of hydrogen-bond acceptors (Lipinski definition) is 7. The van der Waals surface area contributed by atoms with Gasteiger partial charge in [-0.1, -0.05) is 11.6 Å². The first kappa shape index (κ1) is 29.7. The minimum Gasteiger partial charge on any atom is -0.618 e. The minimum atomic E-state index is -3.22. The van der Waals surface area contributed by atoms with Crippen LogP contribution in [0.2, 0.25) is 5.15 Å². The molecule has 0 aromatic carbocycles. The lowest BCUT2D eigenvalue weighted by Gasteiger charge is -2.06. The van der Waals surface area contributed by atoms with E-state index in [0.29, 0.717) is 22.2 Å². The van der Waals surface area contributed by atoms with Crippen molar-refractivity contribution >= 4 is 62.5 Å². The predicted octanol–water partition coefficient (Wildman–Crippen LogP) is 6.20. The Hall–Kier alpha value is -1.57. The molecule has 0 saturated heterocycles. The van der Waals surface area contributed by atoms with Gasteiger partial charge in [0.1, 0.15) is 10.8 Å². The normalized spacial score (nSPS) is 13.4. The maximum Gasteiger partial charge on any atom is 0.405 e. The van der Waals surface area contributed by atoms with E-state index in [1.807, 2.05) is 0 Å². The van der Waals surface area contributed by atoms with Gasteiger partial charge in [0.2, 0.25) is 0 Å². The van der Waals surface area contributed by atoms with E-state index in [1.165, 1.54) is 6.20 Å². The smallest absolute Gasteiger partial charge is 0.405 e. The summed E-state index contributed by atoms with van der Waals surface area (Å²) in [6.45, 7) is 4.14. The molecule has 2 aromatic heterocycles. The fourth-order valence-corrected chi connectivity index (χ4v) is 4.05. The summed E-state index contributed by atoms with van der Waals surface area (Å²) in [5, 5.41) is 8.74. The minimum absolute atomic E-state index is 0.0949. The third-order valence-electron chi connectivity index (χ3n) is 5.13. The zero-order valence-corrected chi connectivity index (χ0v) is 23.1. The fraction of sp³-hybridized carbons (Fsp3) is 0.455. The second kappa shape index (κ2) is 13.7. The monoisotopic (exact) mass is 584 g/mol. The molecule has 2 aliphatic rings. The van der Waals surface area contributed by atoms with Crippen molar-refractivity contribution in [2.45, 2.75) is 52.4 Å². The van der Waals surface area contributed by atoms with E-state index in [-0.39, 0.29) is 12.3 Å². The number of aryl methyl sites for hydroxylation is 3. The van der Waals surface area contributed by atoms with Crippen molar-refractivity contribution in [3.63, 3.8) is 0 Å². The fourth-order valence-electron chi connectivity index (χ4n) is 3.74. The summed E-state index contributed by atoms with van der Waals surface area (Å²) in [5.74, 6) is -0.934. The highest BCUT2D eigenvalue weighted by atomic mass is 36.0. The lowest BCUT2D eigenvalue weighted by atomic mass is 10.1. The number of fused-ring (bicyclic) bond motifs is 2. The molecule has 0 radical (unpaired) electrons. The number of nitrogens with zero attached hydrogens (tertiary/aromatic N) is 2. The van der Waals surface area contributed by atoms with Crippen molar-refractivity contribution in [1.29, 1.82) is 0 Å². The zero-order chi connectivity index (χ0) is 26.2. The number of hydrogen-bond donors (Lipinski definition) is 0. The molecule has 0 amide bonds. The number of carbonyl (C=O) groups excluding carboxylic acids is 2. The van der Waals surface area contributed by atoms with Crippen LogP contribution in [0.1, 0.15) is 69.9 Å². The molecule has 0 bridgehead atoms. The molecule has 4 rings (SSSR count). The van der Waals surface area contributed by atoms with E-state index in [4.69, 9.17) is 21.1 Å². The van der Waals surface area contributed by atoms with Crippen molar-refractivity contribution < 1.29 is 28.4 Å². The summed E-state index contributed by atoms with van der Waals surface area (Å²) >= 11 is 19.8. The van der Waals surface area contributed by atoms with Crippen LogP contribution in [-0.4, -0.2) is 30.1 Å². The van der Waals surface area contributed by atoms with Gasteiger partial charge in [0.05, 0.1) is 13.2 Å². The molecule has 0 fully saturated rings. The first-order chi connectivity index (χ1) is 16.4. The summed E-state index contributed by atoms with van der Waals surface area (Å²) in [5.41, 5.74) is 4.80. The Labute approximate surface area is 223 Å². The van der Waals surface area contributed by atoms with E-state index >= 15 is 0 Å². The molecule has 2 heterocycles. The summed E-state index contributed by atoms with van der Waals surface area (Å²) in [6.07, 6.45) is 7.46. The Morgan fingerprint density at radius 2 is 1.51 bits per heavy atom. The first-order valence-corrected chi connectivity index (χ1v) is 15.7. The molecule has 0 unspecified atom stereocenters. The van der Waals surface area contributed by atoms with Gasteiger partial charge >= 0.3 is 22.8 Å². The molecular weight excluding hydrogens is 561 g/mol. The first-order valence-electron chi connectivity index (χ1n) is 10.9. The molecule has 35 heavy (non-hydrogen) atoms. The lowest BCUT2D eigenvalue weighted by Crippen LogP contribution is -2.35. The second-order valence-electron chi connectivity index (χ2n) is 7.52. The van der Waals surface area contributed by atoms with Gasteiger partial charge in [-0.15, -0.1) is 0 Å².